The van der Waals surface area contributed by atoms with E-state index in [-0.39, 0.29) is 22.7 Å². The minimum absolute atomic E-state index is 0.0360. The van der Waals surface area contributed by atoms with Gasteiger partial charge >= 0.3 is 0 Å². The normalized spacial score (nSPS) is 12.7. The van der Waals surface area contributed by atoms with E-state index in [9.17, 15) is 9.59 Å². The van der Waals surface area contributed by atoms with Crippen molar-refractivity contribution in [3.05, 3.63) is 28.3 Å². The number of nitrogens with zero attached hydrogens (tertiary/aromatic N) is 2. The highest BCUT2D eigenvalue weighted by atomic mass is 32.2. The predicted octanol–water partition coefficient (Wildman–Crippen LogP) is 3.44. The summed E-state index contributed by atoms with van der Waals surface area (Å²) in [5.74, 6) is 0.970. The van der Waals surface area contributed by atoms with E-state index in [0.717, 1.165) is 11.5 Å². The van der Waals surface area contributed by atoms with E-state index in [0.29, 0.717) is 22.0 Å². The third kappa shape index (κ3) is 3.55. The fourth-order valence-electron chi connectivity index (χ4n) is 2.51. The average Bonchev–Trinajstić information content (AvgIpc) is 3.02. The maximum atomic E-state index is 12.7. The van der Waals surface area contributed by atoms with Crippen LogP contribution in [0.3, 0.4) is 0 Å². The van der Waals surface area contributed by atoms with Gasteiger partial charge in [-0.15, -0.1) is 5.10 Å². The van der Waals surface area contributed by atoms with Gasteiger partial charge in [0.05, 0.1) is 10.9 Å². The highest BCUT2D eigenvalue weighted by Gasteiger charge is 2.25. The lowest BCUT2D eigenvalue weighted by Crippen LogP contribution is -2.15. The van der Waals surface area contributed by atoms with Gasteiger partial charge in [-0.2, -0.15) is 0 Å². The van der Waals surface area contributed by atoms with Crippen molar-refractivity contribution in [2.24, 2.45) is 0 Å². The third-order valence-electron chi connectivity index (χ3n) is 3.72. The molecule has 0 amide bonds. The first-order chi connectivity index (χ1) is 10.7. The number of hydrogen-bond donors (Lipinski definition) is 2. The summed E-state index contributed by atoms with van der Waals surface area (Å²) in [5, 5.41) is 7.23. The second kappa shape index (κ2) is 6.70. The average molecular weight is 334 g/mol. The van der Waals surface area contributed by atoms with Crippen LogP contribution in [0.2, 0.25) is 0 Å². The van der Waals surface area contributed by atoms with Crippen LogP contribution in [0.5, 0.6) is 0 Å². The van der Waals surface area contributed by atoms with Crippen molar-refractivity contribution in [3.63, 3.8) is 0 Å². The Labute approximate surface area is 139 Å². The molecule has 7 heteroatoms. The second-order valence-electron chi connectivity index (χ2n) is 5.96. The highest BCUT2D eigenvalue weighted by molar-refractivity contribution is 8.00. The largest absolute Gasteiger partial charge is 0.355 e. The fraction of sp³-hybridized carbons (Fsp3) is 0.500. The topological polar surface area (TPSA) is 91.5 Å². The predicted molar refractivity (Wildman–Crippen MR) is 90.4 cm³/mol. The first-order valence-corrected chi connectivity index (χ1v) is 8.43. The Morgan fingerprint density at radius 3 is 2.30 bits per heavy atom. The second-order valence-corrected chi connectivity index (χ2v) is 7.27. The van der Waals surface area contributed by atoms with Crippen LogP contribution in [-0.4, -0.2) is 37.0 Å². The van der Waals surface area contributed by atoms with Crippen molar-refractivity contribution in [2.45, 2.75) is 57.9 Å². The molecule has 2 aromatic rings. The number of aromatic amines is 2. The number of carbonyl (C=O) groups excluding carboxylic acids is 2. The SMILES string of the molecule is CC(=O)c1c(C)[nH]c(C(=O)C(C)Sc2n[nH]c(C(C)C)n2)c1C. The summed E-state index contributed by atoms with van der Waals surface area (Å²) >= 11 is 1.31. The Balaban J connectivity index is 2.19. The van der Waals surface area contributed by atoms with Gasteiger partial charge in [-0.05, 0) is 33.3 Å². The molecule has 2 rings (SSSR count). The highest BCUT2D eigenvalue weighted by Crippen LogP contribution is 2.26. The molecule has 0 aromatic carbocycles. The molecule has 0 bridgehead atoms. The van der Waals surface area contributed by atoms with E-state index in [1.807, 2.05) is 27.7 Å². The Morgan fingerprint density at radius 2 is 1.83 bits per heavy atom. The van der Waals surface area contributed by atoms with Crippen LogP contribution in [0.15, 0.2) is 5.16 Å². The van der Waals surface area contributed by atoms with E-state index in [1.165, 1.54) is 18.7 Å². The van der Waals surface area contributed by atoms with Gasteiger partial charge in [-0.3, -0.25) is 14.7 Å². The summed E-state index contributed by atoms with van der Waals surface area (Å²) in [5.41, 5.74) is 2.54. The van der Waals surface area contributed by atoms with Crippen LogP contribution in [0.25, 0.3) is 0 Å². The lowest BCUT2D eigenvalue weighted by molar-refractivity contribution is 0.0988. The minimum Gasteiger partial charge on any atom is -0.355 e. The van der Waals surface area contributed by atoms with Gasteiger partial charge < -0.3 is 4.98 Å². The van der Waals surface area contributed by atoms with Crippen LogP contribution in [0, 0.1) is 13.8 Å². The number of carbonyl (C=O) groups is 2. The zero-order valence-corrected chi connectivity index (χ0v) is 15.1. The molecule has 2 heterocycles. The van der Waals surface area contributed by atoms with Crippen molar-refractivity contribution in [1.82, 2.24) is 20.2 Å². The third-order valence-corrected chi connectivity index (χ3v) is 4.68. The van der Waals surface area contributed by atoms with Crippen LogP contribution in [0.4, 0.5) is 0 Å². The van der Waals surface area contributed by atoms with Gasteiger partial charge in [0.15, 0.2) is 11.6 Å². The van der Waals surface area contributed by atoms with Crippen molar-refractivity contribution >= 4 is 23.3 Å². The number of aromatic nitrogens is 4. The smallest absolute Gasteiger partial charge is 0.209 e. The lowest BCUT2D eigenvalue weighted by Gasteiger charge is -2.07. The molecule has 6 nitrogen and oxygen atoms in total. The van der Waals surface area contributed by atoms with Gasteiger partial charge in [0.1, 0.15) is 5.82 Å². The first-order valence-electron chi connectivity index (χ1n) is 7.55. The fourth-order valence-corrected chi connectivity index (χ4v) is 3.30. The summed E-state index contributed by atoms with van der Waals surface area (Å²) < 4.78 is 0. The van der Waals surface area contributed by atoms with Gasteiger partial charge in [-0.1, -0.05) is 25.6 Å². The number of ketones is 2. The monoisotopic (exact) mass is 334 g/mol. The number of aryl methyl sites for hydroxylation is 1. The van der Waals surface area contributed by atoms with E-state index < -0.39 is 0 Å². The molecule has 2 N–H and O–H groups in total. The molecule has 2 aromatic heterocycles. The molecule has 0 fully saturated rings. The molecule has 0 aliphatic heterocycles. The van der Waals surface area contributed by atoms with Crippen molar-refractivity contribution in [3.8, 4) is 0 Å². The molecule has 0 aliphatic rings. The number of rotatable bonds is 6. The van der Waals surface area contributed by atoms with Crippen molar-refractivity contribution in [1.29, 1.82) is 0 Å². The molecule has 23 heavy (non-hydrogen) atoms. The lowest BCUT2D eigenvalue weighted by atomic mass is 10.0. The molecular weight excluding hydrogens is 312 g/mol. The molecule has 0 aliphatic carbocycles. The number of H-pyrrole nitrogens is 2. The first kappa shape index (κ1) is 17.5. The van der Waals surface area contributed by atoms with Crippen LogP contribution in [0.1, 0.15) is 71.5 Å². The van der Waals surface area contributed by atoms with E-state index in [2.05, 4.69) is 20.2 Å². The number of hydrogen-bond acceptors (Lipinski definition) is 5. The molecular formula is C16H22N4O2S. The van der Waals surface area contributed by atoms with Crippen LogP contribution in [-0.2, 0) is 0 Å². The molecule has 0 radical (unpaired) electrons. The molecule has 0 spiro atoms. The quantitative estimate of drug-likeness (QED) is 0.623. The standard InChI is InChI=1S/C16H22N4O2S/c1-7(2)15-18-16(20-19-15)23-11(6)14(22)13-8(3)12(10(5)21)9(4)17-13/h7,11,17H,1-6H3,(H,18,19,20). The Bertz CT molecular complexity index is 745. The van der Waals surface area contributed by atoms with Gasteiger partial charge in [0.25, 0.3) is 0 Å². The molecule has 1 atom stereocenters. The maximum Gasteiger partial charge on any atom is 0.209 e. The zero-order chi connectivity index (χ0) is 17.3. The van der Waals surface area contributed by atoms with Gasteiger partial charge in [-0.25, -0.2) is 4.98 Å². The van der Waals surface area contributed by atoms with Crippen molar-refractivity contribution in [2.75, 3.05) is 0 Å². The summed E-state index contributed by atoms with van der Waals surface area (Å²) in [6.07, 6.45) is 0. The molecule has 0 saturated heterocycles. The van der Waals surface area contributed by atoms with Crippen LogP contribution >= 0.6 is 11.8 Å². The number of nitrogens with one attached hydrogen (secondary N) is 2. The van der Waals surface area contributed by atoms with Gasteiger partial charge in [0, 0.05) is 17.2 Å². The molecule has 1 unspecified atom stereocenters. The molecule has 0 saturated carbocycles. The van der Waals surface area contributed by atoms with Crippen molar-refractivity contribution < 1.29 is 9.59 Å². The summed E-state index contributed by atoms with van der Waals surface area (Å²) in [6, 6.07) is 0. The summed E-state index contributed by atoms with van der Waals surface area (Å²) in [7, 11) is 0. The van der Waals surface area contributed by atoms with Crippen LogP contribution < -0.4 is 0 Å². The summed E-state index contributed by atoms with van der Waals surface area (Å²) in [6.45, 7) is 11.0. The Kier molecular flexibility index (Phi) is 5.09. The number of Topliss-reactive ketones (excluding diaryl/α,β-unsaturated/α-hetero) is 2. The minimum atomic E-state index is -0.345. The Hall–Kier alpha value is -1.89. The van der Waals surface area contributed by atoms with E-state index in [1.54, 1.807) is 6.92 Å². The van der Waals surface area contributed by atoms with E-state index in [4.69, 9.17) is 0 Å². The van der Waals surface area contributed by atoms with E-state index >= 15 is 0 Å². The number of thioether (sulfide) groups is 1. The van der Waals surface area contributed by atoms with Gasteiger partial charge in [0.2, 0.25) is 5.16 Å². The maximum absolute atomic E-state index is 12.7. The molecule has 124 valence electrons. The Morgan fingerprint density at radius 1 is 1.17 bits per heavy atom. The zero-order valence-electron chi connectivity index (χ0n) is 14.3. The summed E-state index contributed by atoms with van der Waals surface area (Å²) in [4.78, 5) is 31.8.